The van der Waals surface area contributed by atoms with Crippen LogP contribution >= 0.6 is 0 Å². The van der Waals surface area contributed by atoms with Gasteiger partial charge >= 0.3 is 0 Å². The van der Waals surface area contributed by atoms with Gasteiger partial charge in [0, 0.05) is 31.8 Å². The summed E-state index contributed by atoms with van der Waals surface area (Å²) in [5.41, 5.74) is 7.14. The van der Waals surface area contributed by atoms with Crippen molar-refractivity contribution in [3.63, 3.8) is 0 Å². The Morgan fingerprint density at radius 2 is 2.26 bits per heavy atom. The molecule has 6 nitrogen and oxygen atoms in total. The lowest BCUT2D eigenvalue weighted by atomic mass is 10.00. The van der Waals surface area contributed by atoms with Crippen molar-refractivity contribution in [2.75, 3.05) is 32.8 Å². The molecule has 1 aromatic rings. The summed E-state index contributed by atoms with van der Waals surface area (Å²) < 4.78 is 13.5. The second-order valence-corrected chi connectivity index (χ2v) is 5.38. The molecule has 1 atom stereocenters. The number of hydrogen-bond donors (Lipinski definition) is 1. The van der Waals surface area contributed by atoms with E-state index in [0.29, 0.717) is 19.8 Å². The minimum Gasteiger partial charge on any atom is -0.346 e. The summed E-state index contributed by atoms with van der Waals surface area (Å²) in [7, 11) is 1.93. The summed E-state index contributed by atoms with van der Waals surface area (Å²) in [5, 5.41) is 4.24. The van der Waals surface area contributed by atoms with Crippen molar-refractivity contribution in [1.29, 1.82) is 0 Å². The standard InChI is InChI=1S/C13H22N4O2/c1-16-9-11(8-15-16)12(7-14)17-4-2-3-13(10-17)18-5-6-19-13/h8-9,12H,2-7,10,14H2,1H3. The zero-order valence-electron chi connectivity index (χ0n) is 11.4. The maximum Gasteiger partial charge on any atom is 0.181 e. The molecule has 0 bridgehead atoms. The van der Waals surface area contributed by atoms with E-state index in [2.05, 4.69) is 10.00 Å². The van der Waals surface area contributed by atoms with E-state index >= 15 is 0 Å². The number of hydrogen-bond acceptors (Lipinski definition) is 5. The van der Waals surface area contributed by atoms with Crippen LogP contribution in [0.5, 0.6) is 0 Å². The molecule has 1 unspecified atom stereocenters. The Bertz CT molecular complexity index is 428. The van der Waals surface area contributed by atoms with E-state index in [9.17, 15) is 0 Å². The summed E-state index contributed by atoms with van der Waals surface area (Å²) in [4.78, 5) is 2.37. The van der Waals surface area contributed by atoms with Gasteiger partial charge in [-0.1, -0.05) is 0 Å². The summed E-state index contributed by atoms with van der Waals surface area (Å²) in [6.45, 7) is 3.82. The Morgan fingerprint density at radius 3 is 2.89 bits per heavy atom. The largest absolute Gasteiger partial charge is 0.346 e. The fourth-order valence-electron chi connectivity index (χ4n) is 3.13. The molecule has 0 aliphatic carbocycles. The van der Waals surface area contributed by atoms with Gasteiger partial charge in [0.05, 0.1) is 32.0 Å². The molecule has 3 heterocycles. The number of aryl methyl sites for hydroxylation is 1. The molecule has 2 saturated heterocycles. The summed E-state index contributed by atoms with van der Waals surface area (Å²) in [6, 6.07) is 0.193. The molecular formula is C13H22N4O2. The Kier molecular flexibility index (Phi) is 3.58. The van der Waals surface area contributed by atoms with E-state index in [-0.39, 0.29) is 6.04 Å². The first kappa shape index (κ1) is 13.1. The van der Waals surface area contributed by atoms with Gasteiger partial charge in [-0.25, -0.2) is 0 Å². The van der Waals surface area contributed by atoms with Crippen molar-refractivity contribution in [3.8, 4) is 0 Å². The molecule has 2 fully saturated rings. The molecule has 6 heteroatoms. The lowest BCUT2D eigenvalue weighted by Gasteiger charge is -2.41. The highest BCUT2D eigenvalue weighted by Crippen LogP contribution is 2.33. The fraction of sp³-hybridized carbons (Fsp3) is 0.769. The molecule has 0 aromatic carbocycles. The van der Waals surface area contributed by atoms with Crippen LogP contribution in [0.4, 0.5) is 0 Å². The SMILES string of the molecule is Cn1cc(C(CN)N2CCCC3(C2)OCCO3)cn1. The third kappa shape index (κ3) is 2.53. The summed E-state index contributed by atoms with van der Waals surface area (Å²) >= 11 is 0. The molecule has 2 N–H and O–H groups in total. The van der Waals surface area contributed by atoms with Crippen molar-refractivity contribution < 1.29 is 9.47 Å². The molecule has 106 valence electrons. The number of aromatic nitrogens is 2. The van der Waals surface area contributed by atoms with Gasteiger partial charge in [0.15, 0.2) is 5.79 Å². The third-order valence-corrected chi connectivity index (χ3v) is 4.03. The van der Waals surface area contributed by atoms with Gasteiger partial charge < -0.3 is 15.2 Å². The smallest absolute Gasteiger partial charge is 0.181 e. The van der Waals surface area contributed by atoms with Crippen LogP contribution in [-0.2, 0) is 16.5 Å². The molecule has 2 aliphatic rings. The monoisotopic (exact) mass is 266 g/mol. The Morgan fingerprint density at radius 1 is 1.47 bits per heavy atom. The van der Waals surface area contributed by atoms with Gasteiger partial charge in [0.1, 0.15) is 0 Å². The van der Waals surface area contributed by atoms with E-state index in [1.807, 2.05) is 24.1 Å². The molecular weight excluding hydrogens is 244 g/mol. The Balaban J connectivity index is 1.76. The van der Waals surface area contributed by atoms with Crippen LogP contribution in [0.2, 0.25) is 0 Å². The maximum atomic E-state index is 5.97. The van der Waals surface area contributed by atoms with E-state index in [0.717, 1.165) is 25.9 Å². The van der Waals surface area contributed by atoms with Crippen LogP contribution in [-0.4, -0.2) is 53.3 Å². The van der Waals surface area contributed by atoms with Crippen LogP contribution in [0.25, 0.3) is 0 Å². The zero-order valence-corrected chi connectivity index (χ0v) is 11.4. The molecule has 3 rings (SSSR count). The predicted octanol–water partition coefficient (Wildman–Crippen LogP) is 0.259. The van der Waals surface area contributed by atoms with Crippen LogP contribution in [0.3, 0.4) is 0 Å². The average Bonchev–Trinajstić information content (AvgIpc) is 3.01. The van der Waals surface area contributed by atoms with Crippen molar-refractivity contribution in [2.45, 2.75) is 24.7 Å². The minimum atomic E-state index is -0.395. The van der Waals surface area contributed by atoms with Crippen LogP contribution in [0, 0.1) is 0 Å². The Labute approximate surface area is 113 Å². The second kappa shape index (κ2) is 5.20. The van der Waals surface area contributed by atoms with Gasteiger partial charge in [-0.15, -0.1) is 0 Å². The Hall–Kier alpha value is -0.950. The summed E-state index contributed by atoms with van der Waals surface area (Å²) in [6.07, 6.45) is 5.99. The van der Waals surface area contributed by atoms with E-state index in [1.165, 1.54) is 5.56 Å². The zero-order chi connectivity index (χ0) is 13.3. The van der Waals surface area contributed by atoms with Crippen LogP contribution < -0.4 is 5.73 Å². The highest BCUT2D eigenvalue weighted by molar-refractivity contribution is 5.12. The van der Waals surface area contributed by atoms with E-state index < -0.39 is 5.79 Å². The van der Waals surface area contributed by atoms with Gasteiger partial charge in [-0.05, 0) is 13.0 Å². The molecule has 0 radical (unpaired) electrons. The fourth-order valence-corrected chi connectivity index (χ4v) is 3.13. The topological polar surface area (TPSA) is 65.5 Å². The summed E-state index contributed by atoms with van der Waals surface area (Å²) in [5.74, 6) is -0.395. The van der Waals surface area contributed by atoms with Crippen molar-refractivity contribution in [2.24, 2.45) is 12.8 Å². The number of likely N-dealkylation sites (tertiary alicyclic amines) is 1. The second-order valence-electron chi connectivity index (χ2n) is 5.38. The van der Waals surface area contributed by atoms with Crippen LogP contribution in [0.15, 0.2) is 12.4 Å². The minimum absolute atomic E-state index is 0.193. The highest BCUT2D eigenvalue weighted by atomic mass is 16.7. The van der Waals surface area contributed by atoms with Gasteiger partial charge in [0.25, 0.3) is 0 Å². The molecule has 1 spiro atoms. The molecule has 1 aromatic heterocycles. The third-order valence-electron chi connectivity index (χ3n) is 4.03. The molecule has 0 amide bonds. The van der Waals surface area contributed by atoms with E-state index in [4.69, 9.17) is 15.2 Å². The molecule has 19 heavy (non-hydrogen) atoms. The van der Waals surface area contributed by atoms with Crippen molar-refractivity contribution >= 4 is 0 Å². The number of rotatable bonds is 3. The van der Waals surface area contributed by atoms with Crippen LogP contribution in [0.1, 0.15) is 24.4 Å². The van der Waals surface area contributed by atoms with Crippen molar-refractivity contribution in [3.05, 3.63) is 18.0 Å². The number of piperidine rings is 1. The maximum absolute atomic E-state index is 5.97. The lowest BCUT2D eigenvalue weighted by Crippen LogP contribution is -2.51. The highest BCUT2D eigenvalue weighted by Gasteiger charge is 2.42. The first-order chi connectivity index (χ1) is 9.22. The normalized spacial score (nSPS) is 24.9. The van der Waals surface area contributed by atoms with Gasteiger partial charge in [0.2, 0.25) is 0 Å². The van der Waals surface area contributed by atoms with Crippen molar-refractivity contribution in [1.82, 2.24) is 14.7 Å². The lowest BCUT2D eigenvalue weighted by molar-refractivity contribution is -0.193. The first-order valence-electron chi connectivity index (χ1n) is 6.93. The number of nitrogens with zero attached hydrogens (tertiary/aromatic N) is 3. The predicted molar refractivity (Wildman–Crippen MR) is 70.4 cm³/mol. The van der Waals surface area contributed by atoms with Gasteiger partial charge in [-0.3, -0.25) is 9.58 Å². The molecule has 0 saturated carbocycles. The molecule has 2 aliphatic heterocycles. The van der Waals surface area contributed by atoms with E-state index in [1.54, 1.807) is 0 Å². The quantitative estimate of drug-likeness (QED) is 0.850. The van der Waals surface area contributed by atoms with Gasteiger partial charge in [-0.2, -0.15) is 5.10 Å². The first-order valence-corrected chi connectivity index (χ1v) is 6.93. The average molecular weight is 266 g/mol. The number of ether oxygens (including phenoxy) is 2. The number of nitrogens with two attached hydrogens (primary N) is 1.